The van der Waals surface area contributed by atoms with E-state index in [0.717, 1.165) is 38.6 Å². The van der Waals surface area contributed by atoms with Crippen molar-refractivity contribution >= 4 is 33.7 Å². The Morgan fingerprint density at radius 2 is 1.73 bits per heavy atom. The van der Waals surface area contributed by atoms with Crippen molar-refractivity contribution in [1.29, 1.82) is 0 Å². The van der Waals surface area contributed by atoms with Crippen LogP contribution in [0.1, 0.15) is 16.1 Å². The Bertz CT molecular complexity index is 1780. The minimum absolute atomic E-state index is 0.0682. The summed E-state index contributed by atoms with van der Waals surface area (Å²) in [5, 5.41) is 3.91. The predicted molar refractivity (Wildman–Crippen MR) is 145 cm³/mol. The predicted octanol–water partition coefficient (Wildman–Crippen LogP) is 4.76. The van der Waals surface area contributed by atoms with Gasteiger partial charge in [0.25, 0.3) is 5.91 Å². The molecule has 0 unspecified atom stereocenters. The van der Waals surface area contributed by atoms with Crippen LogP contribution in [0.4, 0.5) is 5.82 Å². The highest BCUT2D eigenvalue weighted by molar-refractivity contribution is 5.98. The number of hydrogen-bond donors (Lipinski definition) is 2. The first-order chi connectivity index (χ1) is 18.1. The molecule has 0 aliphatic heterocycles. The molecular weight excluding hydrogens is 462 g/mol. The maximum atomic E-state index is 13.3. The van der Waals surface area contributed by atoms with Crippen LogP contribution < -0.4 is 11.1 Å². The molecule has 3 N–H and O–H groups in total. The maximum absolute atomic E-state index is 13.3. The lowest BCUT2D eigenvalue weighted by atomic mass is 10.0. The van der Waals surface area contributed by atoms with Crippen LogP contribution in [0, 0.1) is 0 Å². The Hall–Kier alpha value is -5.11. The number of pyridine rings is 1. The summed E-state index contributed by atoms with van der Waals surface area (Å²) >= 11 is 0. The average molecular weight is 486 g/mol. The molecule has 1 amide bonds. The number of rotatable bonds is 5. The summed E-state index contributed by atoms with van der Waals surface area (Å²) in [5.74, 6) is -0.333. The van der Waals surface area contributed by atoms with Gasteiger partial charge < -0.3 is 15.6 Å². The fourth-order valence-corrected chi connectivity index (χ4v) is 4.46. The molecule has 3 aromatic carbocycles. The molecule has 3 aromatic heterocycles. The van der Waals surface area contributed by atoms with E-state index in [1.807, 2.05) is 90.5 Å². The van der Waals surface area contributed by atoms with Gasteiger partial charge in [0.05, 0.1) is 34.3 Å². The molecule has 6 aromatic rings. The summed E-state index contributed by atoms with van der Waals surface area (Å²) in [6.45, 7) is 0.283. The summed E-state index contributed by atoms with van der Waals surface area (Å²) in [5.41, 5.74) is 12.8. The van der Waals surface area contributed by atoms with Gasteiger partial charge in [0, 0.05) is 36.3 Å². The first kappa shape index (κ1) is 22.4. The smallest absolute Gasteiger partial charge is 0.274 e. The molecule has 0 bridgehead atoms. The Labute approximate surface area is 212 Å². The number of carbonyl (C=O) groups excluding carboxylic acids is 1. The first-order valence-electron chi connectivity index (χ1n) is 11.8. The van der Waals surface area contributed by atoms with Gasteiger partial charge in [0.1, 0.15) is 0 Å². The third kappa shape index (κ3) is 4.14. The van der Waals surface area contributed by atoms with E-state index in [-0.39, 0.29) is 18.1 Å². The molecule has 0 spiro atoms. The molecule has 0 saturated carbocycles. The molecule has 0 atom stereocenters. The number of amides is 1. The van der Waals surface area contributed by atoms with E-state index < -0.39 is 5.91 Å². The lowest BCUT2D eigenvalue weighted by Gasteiger charge is -2.14. The molecule has 0 fully saturated rings. The molecule has 8 nitrogen and oxygen atoms in total. The summed E-state index contributed by atoms with van der Waals surface area (Å²) in [4.78, 5) is 31.6. The topological polar surface area (TPSA) is 112 Å². The molecular formula is C29H23N7O. The fourth-order valence-electron chi connectivity index (χ4n) is 4.46. The molecule has 6 rings (SSSR count). The van der Waals surface area contributed by atoms with Crippen molar-refractivity contribution in [3.05, 3.63) is 103 Å². The van der Waals surface area contributed by atoms with Crippen LogP contribution in [0.15, 0.2) is 91.4 Å². The van der Waals surface area contributed by atoms with Crippen molar-refractivity contribution < 1.29 is 4.79 Å². The van der Waals surface area contributed by atoms with Crippen molar-refractivity contribution in [3.63, 3.8) is 0 Å². The van der Waals surface area contributed by atoms with Crippen LogP contribution in [0.2, 0.25) is 0 Å². The number of fused-ring (bicyclic) bond motifs is 2. The van der Waals surface area contributed by atoms with E-state index in [1.54, 1.807) is 12.5 Å². The van der Waals surface area contributed by atoms with Gasteiger partial charge in [-0.3, -0.25) is 9.78 Å². The number of nitrogens with zero attached hydrogens (tertiary/aromatic N) is 5. The van der Waals surface area contributed by atoms with Crippen LogP contribution in [0.25, 0.3) is 44.5 Å². The summed E-state index contributed by atoms with van der Waals surface area (Å²) in [6, 6.07) is 25.3. The molecule has 0 saturated heterocycles. The maximum Gasteiger partial charge on any atom is 0.274 e. The first-order valence-corrected chi connectivity index (χ1v) is 11.8. The SMILES string of the molecule is Cn1cnc2c(CNC(=O)c3nc(-c4ccc5ncccc5c4)c(-c4ccccc4)nc3N)cccc21. The number of nitrogens with one attached hydrogen (secondary N) is 1. The number of imidazole rings is 1. The van der Waals surface area contributed by atoms with E-state index in [9.17, 15) is 4.79 Å². The zero-order valence-corrected chi connectivity index (χ0v) is 20.1. The summed E-state index contributed by atoms with van der Waals surface area (Å²) in [6.07, 6.45) is 3.52. The highest BCUT2D eigenvalue weighted by Gasteiger charge is 2.20. The molecule has 3 heterocycles. The number of aryl methyl sites for hydroxylation is 1. The van der Waals surface area contributed by atoms with Gasteiger partial charge >= 0.3 is 0 Å². The van der Waals surface area contributed by atoms with E-state index in [4.69, 9.17) is 10.7 Å². The van der Waals surface area contributed by atoms with E-state index in [2.05, 4.69) is 20.3 Å². The Balaban J connectivity index is 1.40. The Kier molecular flexibility index (Phi) is 5.54. The van der Waals surface area contributed by atoms with Gasteiger partial charge in [-0.1, -0.05) is 54.6 Å². The second-order valence-corrected chi connectivity index (χ2v) is 8.75. The molecule has 8 heteroatoms. The third-order valence-electron chi connectivity index (χ3n) is 6.34. The van der Waals surface area contributed by atoms with Crippen molar-refractivity contribution in [2.75, 3.05) is 5.73 Å². The average Bonchev–Trinajstić information content (AvgIpc) is 3.33. The number of anilines is 1. The molecule has 180 valence electrons. The number of hydrogen-bond acceptors (Lipinski definition) is 6. The Morgan fingerprint density at radius 3 is 2.59 bits per heavy atom. The van der Waals surface area contributed by atoms with Gasteiger partial charge in [-0.2, -0.15) is 0 Å². The van der Waals surface area contributed by atoms with Gasteiger partial charge in [0.2, 0.25) is 0 Å². The molecule has 0 aliphatic carbocycles. The Morgan fingerprint density at radius 1 is 0.892 bits per heavy atom. The highest BCUT2D eigenvalue weighted by Crippen LogP contribution is 2.32. The van der Waals surface area contributed by atoms with Crippen LogP contribution >= 0.6 is 0 Å². The molecule has 37 heavy (non-hydrogen) atoms. The lowest BCUT2D eigenvalue weighted by Crippen LogP contribution is -2.26. The van der Waals surface area contributed by atoms with Gasteiger partial charge in [-0.05, 0) is 29.8 Å². The van der Waals surface area contributed by atoms with Crippen LogP contribution in [0.3, 0.4) is 0 Å². The largest absolute Gasteiger partial charge is 0.382 e. The van der Waals surface area contributed by atoms with E-state index in [0.29, 0.717) is 11.4 Å². The van der Waals surface area contributed by atoms with Crippen LogP contribution in [0.5, 0.6) is 0 Å². The molecule has 0 radical (unpaired) electrons. The third-order valence-corrected chi connectivity index (χ3v) is 6.34. The van der Waals surface area contributed by atoms with Gasteiger partial charge in [-0.15, -0.1) is 0 Å². The minimum atomic E-state index is -0.402. The second-order valence-electron chi connectivity index (χ2n) is 8.75. The number of carbonyl (C=O) groups is 1. The van der Waals surface area contributed by atoms with E-state index in [1.165, 1.54) is 0 Å². The standard InChI is InChI=1S/C29H23N7O/c1-36-17-33-24-21(9-5-11-23(24)36)16-32-29(37)27-28(30)35-25(18-7-3-2-4-8-18)26(34-27)20-12-13-22-19(15-20)10-6-14-31-22/h2-15,17H,16H2,1H3,(H2,30,35)(H,32,37). The second kappa shape index (κ2) is 9.16. The fraction of sp³-hybridized carbons (Fsp3) is 0.0690. The number of nitrogen functional groups attached to an aromatic ring is 1. The zero-order valence-electron chi connectivity index (χ0n) is 20.1. The monoisotopic (exact) mass is 485 g/mol. The van der Waals surface area contributed by atoms with Crippen molar-refractivity contribution in [2.45, 2.75) is 6.54 Å². The summed E-state index contributed by atoms with van der Waals surface area (Å²) < 4.78 is 1.94. The zero-order chi connectivity index (χ0) is 25.4. The van der Waals surface area contributed by atoms with Crippen molar-refractivity contribution in [1.82, 2.24) is 29.8 Å². The van der Waals surface area contributed by atoms with Crippen LogP contribution in [-0.4, -0.2) is 30.4 Å². The number of aromatic nitrogens is 5. The highest BCUT2D eigenvalue weighted by atomic mass is 16.1. The van der Waals surface area contributed by atoms with E-state index >= 15 is 0 Å². The van der Waals surface area contributed by atoms with Crippen molar-refractivity contribution in [3.8, 4) is 22.5 Å². The summed E-state index contributed by atoms with van der Waals surface area (Å²) in [7, 11) is 1.94. The van der Waals surface area contributed by atoms with Crippen LogP contribution in [-0.2, 0) is 13.6 Å². The van der Waals surface area contributed by atoms with Crippen molar-refractivity contribution in [2.24, 2.45) is 7.05 Å². The van der Waals surface area contributed by atoms with Gasteiger partial charge in [-0.25, -0.2) is 15.0 Å². The number of nitrogens with two attached hydrogens (primary N) is 1. The lowest BCUT2D eigenvalue weighted by molar-refractivity contribution is 0.0947. The minimum Gasteiger partial charge on any atom is -0.382 e. The number of benzene rings is 3. The quantitative estimate of drug-likeness (QED) is 0.364. The normalized spacial score (nSPS) is 11.2. The van der Waals surface area contributed by atoms with Gasteiger partial charge in [0.15, 0.2) is 11.5 Å². The number of para-hydroxylation sites is 1. The molecule has 0 aliphatic rings.